The van der Waals surface area contributed by atoms with Crippen molar-refractivity contribution in [1.29, 1.82) is 0 Å². The Kier molecular flexibility index (Phi) is 5.18. The van der Waals surface area contributed by atoms with Gasteiger partial charge in [0.15, 0.2) is 0 Å². The van der Waals surface area contributed by atoms with E-state index in [4.69, 9.17) is 4.74 Å². The molecule has 1 heterocycles. The first-order valence-corrected chi connectivity index (χ1v) is 7.20. The number of morpholine rings is 1. The second kappa shape index (κ2) is 6.66. The van der Waals surface area contributed by atoms with Crippen LogP contribution in [0.4, 0.5) is 0 Å². The van der Waals surface area contributed by atoms with Gasteiger partial charge in [-0.1, -0.05) is 22.0 Å². The summed E-state index contributed by atoms with van der Waals surface area (Å²) in [5.74, 6) is 0. The Labute approximate surface area is 118 Å². The maximum atomic E-state index is 5.73. The predicted octanol–water partition coefficient (Wildman–Crippen LogP) is 2.18. The van der Waals surface area contributed by atoms with Crippen LogP contribution in [0.15, 0.2) is 22.7 Å². The van der Waals surface area contributed by atoms with Crippen LogP contribution in [0.5, 0.6) is 0 Å². The van der Waals surface area contributed by atoms with Gasteiger partial charge in [0.25, 0.3) is 0 Å². The molecule has 0 radical (unpaired) electrons. The second-order valence-electron chi connectivity index (χ2n) is 4.96. The van der Waals surface area contributed by atoms with Crippen molar-refractivity contribution < 1.29 is 4.74 Å². The van der Waals surface area contributed by atoms with E-state index >= 15 is 0 Å². The fourth-order valence-electron chi connectivity index (χ4n) is 2.25. The Morgan fingerprint density at radius 1 is 1.50 bits per heavy atom. The van der Waals surface area contributed by atoms with E-state index in [1.807, 2.05) is 0 Å². The van der Waals surface area contributed by atoms with Crippen LogP contribution in [0.3, 0.4) is 0 Å². The maximum absolute atomic E-state index is 5.73. The van der Waals surface area contributed by atoms with Crippen molar-refractivity contribution in [2.24, 2.45) is 0 Å². The van der Waals surface area contributed by atoms with Crippen LogP contribution in [0.1, 0.15) is 11.1 Å². The van der Waals surface area contributed by atoms with Crippen LogP contribution >= 0.6 is 15.9 Å². The highest BCUT2D eigenvalue weighted by atomic mass is 79.9. The number of ether oxygens (including phenoxy) is 1. The maximum Gasteiger partial charge on any atom is 0.0826 e. The smallest absolute Gasteiger partial charge is 0.0826 e. The van der Waals surface area contributed by atoms with E-state index < -0.39 is 0 Å². The third-order valence-corrected chi connectivity index (χ3v) is 3.76. The average Bonchev–Trinajstić information content (AvgIpc) is 2.35. The van der Waals surface area contributed by atoms with E-state index in [2.05, 4.69) is 58.3 Å². The molecule has 2 rings (SSSR count). The van der Waals surface area contributed by atoms with Crippen molar-refractivity contribution in [3.05, 3.63) is 33.8 Å². The summed E-state index contributed by atoms with van der Waals surface area (Å²) in [6.07, 6.45) is 0.316. The van der Waals surface area contributed by atoms with Crippen LogP contribution in [0.2, 0.25) is 0 Å². The first-order valence-electron chi connectivity index (χ1n) is 6.41. The van der Waals surface area contributed by atoms with Crippen molar-refractivity contribution in [2.45, 2.75) is 19.6 Å². The number of nitrogens with one attached hydrogen (secondary N) is 1. The fourth-order valence-corrected chi connectivity index (χ4v) is 2.66. The number of halogens is 1. The second-order valence-corrected chi connectivity index (χ2v) is 5.88. The minimum absolute atomic E-state index is 0.316. The normalized spacial score (nSPS) is 20.3. The Hall–Kier alpha value is -0.420. The Morgan fingerprint density at radius 3 is 3.06 bits per heavy atom. The van der Waals surface area contributed by atoms with Gasteiger partial charge in [0.2, 0.25) is 0 Å². The number of likely N-dealkylation sites (N-methyl/N-ethyl adjacent to an activating group) is 1. The number of benzene rings is 1. The molecule has 0 aliphatic carbocycles. The van der Waals surface area contributed by atoms with E-state index in [9.17, 15) is 0 Å². The van der Waals surface area contributed by atoms with Gasteiger partial charge in [0.1, 0.15) is 0 Å². The summed E-state index contributed by atoms with van der Waals surface area (Å²) < 4.78 is 6.87. The minimum atomic E-state index is 0.316. The summed E-state index contributed by atoms with van der Waals surface area (Å²) in [4.78, 5) is 2.33. The van der Waals surface area contributed by atoms with Gasteiger partial charge in [-0.2, -0.15) is 0 Å². The zero-order chi connectivity index (χ0) is 13.0. The van der Waals surface area contributed by atoms with Crippen LogP contribution in [-0.4, -0.2) is 44.3 Å². The first kappa shape index (κ1) is 14.0. The summed E-state index contributed by atoms with van der Waals surface area (Å²) in [5, 5.41) is 3.37. The lowest BCUT2D eigenvalue weighted by Crippen LogP contribution is -2.44. The van der Waals surface area contributed by atoms with Crippen molar-refractivity contribution in [1.82, 2.24) is 10.2 Å². The fraction of sp³-hybridized carbons (Fsp3) is 0.571. The molecule has 100 valence electrons. The lowest BCUT2D eigenvalue weighted by atomic mass is 10.1. The molecule has 1 aliphatic rings. The van der Waals surface area contributed by atoms with Crippen molar-refractivity contribution >= 4 is 15.9 Å². The molecule has 1 aliphatic heterocycles. The largest absolute Gasteiger partial charge is 0.374 e. The molecular formula is C14H21BrN2O. The molecular weight excluding hydrogens is 292 g/mol. The lowest BCUT2D eigenvalue weighted by Gasteiger charge is -2.28. The molecule has 18 heavy (non-hydrogen) atoms. The van der Waals surface area contributed by atoms with E-state index in [0.717, 1.165) is 37.3 Å². The standard InChI is InChI=1S/C14H21BrN2O/c1-11-3-4-13(15)7-12(11)9-17(2)10-14-8-16-5-6-18-14/h3-4,7,14,16H,5-6,8-10H2,1-2H3. The molecule has 0 saturated carbocycles. The van der Waals surface area contributed by atoms with Gasteiger partial charge in [-0.3, -0.25) is 4.90 Å². The monoisotopic (exact) mass is 312 g/mol. The number of rotatable bonds is 4. The zero-order valence-electron chi connectivity index (χ0n) is 11.1. The molecule has 3 nitrogen and oxygen atoms in total. The third-order valence-electron chi connectivity index (χ3n) is 3.27. The zero-order valence-corrected chi connectivity index (χ0v) is 12.7. The van der Waals surface area contributed by atoms with E-state index in [1.165, 1.54) is 11.1 Å². The average molecular weight is 313 g/mol. The van der Waals surface area contributed by atoms with Crippen LogP contribution in [0.25, 0.3) is 0 Å². The summed E-state index contributed by atoms with van der Waals surface area (Å²) in [5.41, 5.74) is 2.71. The van der Waals surface area contributed by atoms with Crippen LogP contribution in [0, 0.1) is 6.92 Å². The van der Waals surface area contributed by atoms with Gasteiger partial charge >= 0.3 is 0 Å². The highest BCUT2D eigenvalue weighted by Gasteiger charge is 2.15. The number of aryl methyl sites for hydroxylation is 1. The molecule has 4 heteroatoms. The molecule has 1 fully saturated rings. The summed E-state index contributed by atoms with van der Waals surface area (Å²) in [6, 6.07) is 6.45. The number of hydrogen-bond acceptors (Lipinski definition) is 3. The van der Waals surface area contributed by atoms with Gasteiger partial charge in [-0.05, 0) is 37.2 Å². The van der Waals surface area contributed by atoms with Gasteiger partial charge < -0.3 is 10.1 Å². The quantitative estimate of drug-likeness (QED) is 0.922. The lowest BCUT2D eigenvalue weighted by molar-refractivity contribution is 0.00882. The van der Waals surface area contributed by atoms with E-state index in [0.29, 0.717) is 6.10 Å². The van der Waals surface area contributed by atoms with Gasteiger partial charge in [-0.25, -0.2) is 0 Å². The van der Waals surface area contributed by atoms with Crippen LogP contribution in [-0.2, 0) is 11.3 Å². The van der Waals surface area contributed by atoms with Crippen LogP contribution < -0.4 is 5.32 Å². The number of nitrogens with zero attached hydrogens (tertiary/aromatic N) is 1. The van der Waals surface area contributed by atoms with Gasteiger partial charge in [0.05, 0.1) is 12.7 Å². The molecule has 1 atom stereocenters. The van der Waals surface area contributed by atoms with E-state index in [-0.39, 0.29) is 0 Å². The van der Waals surface area contributed by atoms with Crippen molar-refractivity contribution in [2.75, 3.05) is 33.3 Å². The van der Waals surface area contributed by atoms with Gasteiger partial charge in [0, 0.05) is 30.7 Å². The Morgan fingerprint density at radius 2 is 2.33 bits per heavy atom. The molecule has 1 saturated heterocycles. The minimum Gasteiger partial charge on any atom is -0.374 e. The highest BCUT2D eigenvalue weighted by molar-refractivity contribution is 9.10. The molecule has 1 aromatic rings. The molecule has 1 aromatic carbocycles. The molecule has 0 aromatic heterocycles. The molecule has 0 bridgehead atoms. The first-order chi connectivity index (χ1) is 8.65. The molecule has 1 N–H and O–H groups in total. The summed E-state index contributed by atoms with van der Waals surface area (Å²) in [6.45, 7) is 6.86. The Bertz CT molecular complexity index is 391. The highest BCUT2D eigenvalue weighted by Crippen LogP contribution is 2.17. The third kappa shape index (κ3) is 4.05. The predicted molar refractivity (Wildman–Crippen MR) is 77.8 cm³/mol. The molecule has 0 spiro atoms. The molecule has 1 unspecified atom stereocenters. The summed E-state index contributed by atoms with van der Waals surface area (Å²) in [7, 11) is 2.15. The molecule has 0 amide bonds. The SMILES string of the molecule is Cc1ccc(Br)cc1CN(C)CC1CNCCO1. The summed E-state index contributed by atoms with van der Waals surface area (Å²) >= 11 is 3.53. The van der Waals surface area contributed by atoms with Crippen molar-refractivity contribution in [3.8, 4) is 0 Å². The van der Waals surface area contributed by atoms with Crippen molar-refractivity contribution in [3.63, 3.8) is 0 Å². The topological polar surface area (TPSA) is 24.5 Å². The van der Waals surface area contributed by atoms with E-state index in [1.54, 1.807) is 0 Å². The van der Waals surface area contributed by atoms with Gasteiger partial charge in [-0.15, -0.1) is 0 Å². The number of hydrogen-bond donors (Lipinski definition) is 1. The Balaban J connectivity index is 1.89.